The second-order valence-electron chi connectivity index (χ2n) is 5.92. The lowest BCUT2D eigenvalue weighted by Crippen LogP contribution is -1.99. The van der Waals surface area contributed by atoms with E-state index in [4.69, 9.17) is 0 Å². The number of hydrogen-bond acceptors (Lipinski definition) is 5. The summed E-state index contributed by atoms with van der Waals surface area (Å²) in [6, 6.07) is 27.1. The largest absolute Gasteiger partial charge is 0.507 e. The average molecular weight is 371 g/mol. The Morgan fingerprint density at radius 1 is 0.667 bits per heavy atom. The molecule has 0 aliphatic heterocycles. The smallest absolute Gasteiger partial charge is 0.192 e. The molecule has 132 valence electrons. The summed E-state index contributed by atoms with van der Waals surface area (Å²) in [7, 11) is 0. The number of para-hydroxylation sites is 1. The number of nitrogens with zero attached hydrogens (tertiary/aromatic N) is 3. The number of benzene rings is 3. The van der Waals surface area contributed by atoms with Crippen molar-refractivity contribution in [3.8, 4) is 28.5 Å². The molecule has 0 fully saturated rings. The number of hydrogen-bond donors (Lipinski definition) is 1. The third-order valence-corrected chi connectivity index (χ3v) is 4.92. The van der Waals surface area contributed by atoms with Crippen molar-refractivity contribution in [3.05, 3.63) is 90.5 Å². The van der Waals surface area contributed by atoms with Crippen molar-refractivity contribution in [2.75, 3.05) is 0 Å². The first-order chi connectivity index (χ1) is 13.3. The van der Waals surface area contributed by atoms with Crippen molar-refractivity contribution in [1.29, 1.82) is 0 Å². The molecule has 3 aromatic carbocycles. The van der Waals surface area contributed by atoms with Crippen molar-refractivity contribution >= 4 is 11.8 Å². The highest BCUT2D eigenvalue weighted by molar-refractivity contribution is 7.98. The Bertz CT molecular complexity index is 1040. The molecule has 0 unspecified atom stereocenters. The first-order valence-corrected chi connectivity index (χ1v) is 9.55. The lowest BCUT2D eigenvalue weighted by molar-refractivity contribution is 0.477. The fourth-order valence-electron chi connectivity index (χ4n) is 2.64. The van der Waals surface area contributed by atoms with Gasteiger partial charge in [-0.3, -0.25) is 0 Å². The first-order valence-electron chi connectivity index (χ1n) is 8.56. The molecule has 0 atom stereocenters. The number of phenolic OH excluding ortho intramolecular Hbond substituents is 1. The third kappa shape index (κ3) is 4.15. The van der Waals surface area contributed by atoms with Crippen molar-refractivity contribution < 1.29 is 5.11 Å². The van der Waals surface area contributed by atoms with Crippen LogP contribution in [0.4, 0.5) is 0 Å². The van der Waals surface area contributed by atoms with Crippen molar-refractivity contribution in [2.24, 2.45) is 0 Å². The van der Waals surface area contributed by atoms with Gasteiger partial charge in [0.1, 0.15) is 5.75 Å². The van der Waals surface area contributed by atoms with Gasteiger partial charge in [-0.15, -0.1) is 0 Å². The molecule has 0 radical (unpaired) electrons. The van der Waals surface area contributed by atoms with Gasteiger partial charge in [-0.2, -0.15) is 0 Å². The lowest BCUT2D eigenvalue weighted by Gasteiger charge is -2.08. The monoisotopic (exact) mass is 371 g/mol. The fourth-order valence-corrected chi connectivity index (χ4v) is 3.43. The van der Waals surface area contributed by atoms with Crippen molar-refractivity contribution in [2.45, 2.75) is 10.9 Å². The van der Waals surface area contributed by atoms with Crippen LogP contribution in [0.1, 0.15) is 5.56 Å². The second kappa shape index (κ2) is 8.01. The summed E-state index contributed by atoms with van der Waals surface area (Å²) in [6.07, 6.45) is 0. The molecule has 4 aromatic rings. The van der Waals surface area contributed by atoms with E-state index in [1.54, 1.807) is 23.9 Å². The molecule has 1 aromatic heterocycles. The Hall–Kier alpha value is -3.18. The second-order valence-corrected chi connectivity index (χ2v) is 6.87. The van der Waals surface area contributed by atoms with Gasteiger partial charge >= 0.3 is 0 Å². The van der Waals surface area contributed by atoms with Crippen LogP contribution < -0.4 is 0 Å². The zero-order valence-electron chi connectivity index (χ0n) is 14.5. The summed E-state index contributed by atoms with van der Waals surface area (Å²) in [5.41, 5.74) is 2.71. The summed E-state index contributed by atoms with van der Waals surface area (Å²) >= 11 is 1.55. The molecule has 0 spiro atoms. The molecule has 5 heteroatoms. The third-order valence-electron chi connectivity index (χ3n) is 4.00. The van der Waals surface area contributed by atoms with Gasteiger partial charge in [-0.05, 0) is 17.7 Å². The van der Waals surface area contributed by atoms with Gasteiger partial charge in [0.25, 0.3) is 0 Å². The van der Waals surface area contributed by atoms with Crippen LogP contribution in [0.5, 0.6) is 5.75 Å². The molecule has 0 saturated heterocycles. The van der Waals surface area contributed by atoms with E-state index in [9.17, 15) is 5.11 Å². The van der Waals surface area contributed by atoms with E-state index in [1.807, 2.05) is 60.7 Å². The predicted molar refractivity (Wildman–Crippen MR) is 108 cm³/mol. The average Bonchev–Trinajstić information content (AvgIpc) is 2.74. The Labute approximate surface area is 162 Å². The zero-order chi connectivity index (χ0) is 18.5. The van der Waals surface area contributed by atoms with Crippen LogP contribution in [0.3, 0.4) is 0 Å². The standard InChI is InChI=1S/C22H17N3OS/c26-19-14-8-7-13-18(19)21-23-20(17-11-5-2-6-12-17)24-22(25-21)27-15-16-9-3-1-4-10-16/h1-14,26H,15H2. The molecule has 0 aliphatic rings. The van der Waals surface area contributed by atoms with Crippen LogP contribution in [0, 0.1) is 0 Å². The Balaban J connectivity index is 1.74. The van der Waals surface area contributed by atoms with E-state index in [1.165, 1.54) is 5.56 Å². The molecule has 0 amide bonds. The Morgan fingerprint density at radius 3 is 2.04 bits per heavy atom. The number of thioether (sulfide) groups is 1. The molecular formula is C22H17N3OS. The molecule has 4 nitrogen and oxygen atoms in total. The van der Waals surface area contributed by atoms with Crippen LogP contribution in [-0.2, 0) is 5.75 Å². The van der Waals surface area contributed by atoms with Gasteiger partial charge in [-0.1, -0.05) is 84.6 Å². The molecule has 4 rings (SSSR count). The van der Waals surface area contributed by atoms with Gasteiger partial charge in [0.05, 0.1) is 5.56 Å². The maximum atomic E-state index is 10.2. The predicted octanol–water partition coefficient (Wildman–Crippen LogP) is 5.20. The van der Waals surface area contributed by atoms with Gasteiger partial charge in [0, 0.05) is 11.3 Å². The normalized spacial score (nSPS) is 10.7. The van der Waals surface area contributed by atoms with Crippen LogP contribution in [-0.4, -0.2) is 20.1 Å². The highest BCUT2D eigenvalue weighted by Crippen LogP contribution is 2.29. The minimum absolute atomic E-state index is 0.154. The van der Waals surface area contributed by atoms with E-state index in [0.717, 1.165) is 11.3 Å². The maximum absolute atomic E-state index is 10.2. The topological polar surface area (TPSA) is 58.9 Å². The van der Waals surface area contributed by atoms with Gasteiger partial charge < -0.3 is 5.11 Å². The fraction of sp³-hybridized carbons (Fsp3) is 0.0455. The van der Waals surface area contributed by atoms with Crippen LogP contribution in [0.2, 0.25) is 0 Å². The minimum Gasteiger partial charge on any atom is -0.507 e. The van der Waals surface area contributed by atoms with Crippen LogP contribution in [0.15, 0.2) is 90.1 Å². The highest BCUT2D eigenvalue weighted by Gasteiger charge is 2.13. The number of aromatic hydroxyl groups is 1. The molecule has 1 N–H and O–H groups in total. The van der Waals surface area contributed by atoms with E-state index >= 15 is 0 Å². The zero-order valence-corrected chi connectivity index (χ0v) is 15.3. The van der Waals surface area contributed by atoms with Crippen LogP contribution >= 0.6 is 11.8 Å². The van der Waals surface area contributed by atoms with Crippen molar-refractivity contribution in [3.63, 3.8) is 0 Å². The van der Waals surface area contributed by atoms with E-state index in [2.05, 4.69) is 27.1 Å². The molecular weight excluding hydrogens is 354 g/mol. The Morgan fingerprint density at radius 2 is 1.30 bits per heavy atom. The lowest BCUT2D eigenvalue weighted by atomic mass is 10.2. The minimum atomic E-state index is 0.154. The summed E-state index contributed by atoms with van der Waals surface area (Å²) in [5, 5.41) is 10.8. The number of aromatic nitrogens is 3. The van der Waals surface area contributed by atoms with E-state index < -0.39 is 0 Å². The van der Waals surface area contributed by atoms with Crippen molar-refractivity contribution in [1.82, 2.24) is 15.0 Å². The summed E-state index contributed by atoms with van der Waals surface area (Å²) in [6.45, 7) is 0. The molecule has 1 heterocycles. The summed E-state index contributed by atoms with van der Waals surface area (Å²) in [5.74, 6) is 1.98. The summed E-state index contributed by atoms with van der Waals surface area (Å²) in [4.78, 5) is 13.8. The molecule has 0 saturated carbocycles. The number of phenols is 1. The molecule has 27 heavy (non-hydrogen) atoms. The van der Waals surface area contributed by atoms with E-state index in [0.29, 0.717) is 22.4 Å². The SMILES string of the molecule is Oc1ccccc1-c1nc(SCc2ccccc2)nc(-c2ccccc2)n1. The van der Waals surface area contributed by atoms with E-state index in [-0.39, 0.29) is 5.75 Å². The maximum Gasteiger partial charge on any atom is 0.192 e. The van der Waals surface area contributed by atoms with Gasteiger partial charge in [0.2, 0.25) is 0 Å². The Kier molecular flexibility index (Phi) is 5.12. The van der Waals surface area contributed by atoms with Gasteiger partial charge in [-0.25, -0.2) is 15.0 Å². The highest BCUT2D eigenvalue weighted by atomic mass is 32.2. The number of rotatable bonds is 5. The van der Waals surface area contributed by atoms with Gasteiger partial charge in [0.15, 0.2) is 16.8 Å². The van der Waals surface area contributed by atoms with Crippen LogP contribution in [0.25, 0.3) is 22.8 Å². The summed E-state index contributed by atoms with van der Waals surface area (Å²) < 4.78 is 0. The quantitative estimate of drug-likeness (QED) is 0.488. The first kappa shape index (κ1) is 17.2. The molecule has 0 aliphatic carbocycles. The molecule has 0 bridgehead atoms.